The molecule has 1 aliphatic carbocycles. The molecule has 1 N–H and O–H groups in total. The summed E-state index contributed by atoms with van der Waals surface area (Å²) in [6.45, 7) is 15.6. The number of ketones is 1. The molecular formula is C38H48ClF3N4O6. The smallest absolute Gasteiger partial charge is 0.410 e. The van der Waals surface area contributed by atoms with Gasteiger partial charge in [-0.3, -0.25) is 4.79 Å². The maximum absolute atomic E-state index is 15.4. The number of hydrogen-bond acceptors (Lipinski definition) is 8. The van der Waals surface area contributed by atoms with E-state index in [1.807, 2.05) is 24.3 Å². The van der Waals surface area contributed by atoms with E-state index in [0.717, 1.165) is 31.2 Å². The number of amides is 2. The summed E-state index contributed by atoms with van der Waals surface area (Å²) in [5, 5.41) is 11.1. The van der Waals surface area contributed by atoms with E-state index in [2.05, 4.69) is 22.4 Å². The number of carbonyl (C=O) groups is 3. The van der Waals surface area contributed by atoms with Crippen LogP contribution in [0.4, 0.5) is 22.8 Å². The first-order valence-electron chi connectivity index (χ1n) is 17.3. The molecule has 284 valence electrons. The van der Waals surface area contributed by atoms with Crippen molar-refractivity contribution in [2.24, 2.45) is 5.92 Å². The second-order valence-corrected chi connectivity index (χ2v) is 16.1. The van der Waals surface area contributed by atoms with Gasteiger partial charge in [0.1, 0.15) is 17.0 Å². The molecule has 3 aliphatic rings. The van der Waals surface area contributed by atoms with E-state index < -0.39 is 64.4 Å². The number of ether oxygens (including phenoxy) is 2. The number of alkyl carbamates (subject to hydrolysis) is 1. The van der Waals surface area contributed by atoms with Crippen LogP contribution >= 0.6 is 11.6 Å². The van der Waals surface area contributed by atoms with Gasteiger partial charge in [0.05, 0.1) is 17.0 Å². The molecule has 0 radical (unpaired) electrons. The lowest BCUT2D eigenvalue weighted by Crippen LogP contribution is -2.61. The van der Waals surface area contributed by atoms with Crippen molar-refractivity contribution in [3.63, 3.8) is 0 Å². The number of nitrogens with one attached hydrogen (secondary N) is 1. The number of rotatable bonds is 8. The van der Waals surface area contributed by atoms with Crippen molar-refractivity contribution in [2.75, 3.05) is 13.1 Å². The Balaban J connectivity index is 0.000000585. The van der Waals surface area contributed by atoms with Gasteiger partial charge in [-0.2, -0.15) is 0 Å². The van der Waals surface area contributed by atoms with E-state index in [1.54, 1.807) is 46.4 Å². The molecule has 2 aromatic carbocycles. The number of aryl methyl sites for hydroxylation is 2. The van der Waals surface area contributed by atoms with Crippen molar-refractivity contribution >= 4 is 29.6 Å². The van der Waals surface area contributed by atoms with Crippen LogP contribution in [0.3, 0.4) is 0 Å². The Morgan fingerprint density at radius 3 is 2.21 bits per heavy atom. The number of benzene rings is 2. The maximum Gasteiger partial charge on any atom is 0.410 e. The second-order valence-electron chi connectivity index (χ2n) is 15.7. The van der Waals surface area contributed by atoms with Gasteiger partial charge in [0, 0.05) is 30.1 Å². The number of alkyl halides is 2. The molecule has 1 atom stereocenters. The van der Waals surface area contributed by atoms with Crippen LogP contribution in [0.5, 0.6) is 0 Å². The number of nitrogens with zero attached hydrogens (tertiary/aromatic N) is 3. The highest BCUT2D eigenvalue weighted by Crippen LogP contribution is 2.52. The summed E-state index contributed by atoms with van der Waals surface area (Å²) in [4.78, 5) is 38.5. The van der Waals surface area contributed by atoms with E-state index in [1.165, 1.54) is 18.6 Å². The molecule has 3 heterocycles. The van der Waals surface area contributed by atoms with E-state index in [4.69, 9.17) is 25.5 Å². The first kappa shape index (κ1) is 40.6. The number of fused-ring (bicyclic) bond motifs is 2. The zero-order valence-electron chi connectivity index (χ0n) is 31.2. The molecule has 14 heteroatoms. The molecule has 52 heavy (non-hydrogen) atoms. The molecule has 2 amide bonds. The van der Waals surface area contributed by atoms with Gasteiger partial charge >= 0.3 is 12.2 Å². The molecule has 1 saturated carbocycles. The Morgan fingerprint density at radius 2 is 1.65 bits per heavy atom. The van der Waals surface area contributed by atoms with Crippen molar-refractivity contribution < 1.29 is 41.4 Å². The van der Waals surface area contributed by atoms with Gasteiger partial charge in [0.15, 0.2) is 5.78 Å². The molecule has 2 saturated heterocycles. The topological polar surface area (TPSA) is 124 Å². The summed E-state index contributed by atoms with van der Waals surface area (Å²) in [5.74, 6) is -5.09. The molecule has 3 aromatic rings. The molecule has 1 unspecified atom stereocenters. The SMILES string of the molecule is CC(=O)C(CC(F)(F)c1cc(F)c(-c2nnc(C34CC(CN(C(=O)OC(C)(C)C)C3)C4)o2)cc1C)NC(=O)OC(C)(C)C.CCc1ccc(Cl)cc1. The van der Waals surface area contributed by atoms with Crippen LogP contribution in [-0.2, 0) is 32.0 Å². The van der Waals surface area contributed by atoms with Gasteiger partial charge in [-0.15, -0.1) is 10.2 Å². The molecule has 1 aromatic heterocycles. The van der Waals surface area contributed by atoms with Crippen LogP contribution in [0.15, 0.2) is 40.8 Å². The summed E-state index contributed by atoms with van der Waals surface area (Å²) < 4.78 is 62.7. The normalized spacial score (nSPS) is 19.1. The number of Topliss-reactive ketones (excluding diaryl/α,β-unsaturated/α-hetero) is 1. The third-order valence-corrected chi connectivity index (χ3v) is 9.02. The van der Waals surface area contributed by atoms with Gasteiger partial charge in [-0.25, -0.2) is 22.8 Å². The number of halogens is 4. The fourth-order valence-electron chi connectivity index (χ4n) is 6.37. The van der Waals surface area contributed by atoms with E-state index >= 15 is 13.2 Å². The van der Waals surface area contributed by atoms with Crippen LogP contribution < -0.4 is 5.32 Å². The van der Waals surface area contributed by atoms with Gasteiger partial charge < -0.3 is 24.1 Å². The first-order chi connectivity index (χ1) is 24.0. The van der Waals surface area contributed by atoms with E-state index in [9.17, 15) is 14.4 Å². The molecular weight excluding hydrogens is 701 g/mol. The predicted molar refractivity (Wildman–Crippen MR) is 190 cm³/mol. The van der Waals surface area contributed by atoms with Gasteiger partial charge in [0.25, 0.3) is 11.8 Å². The molecule has 0 spiro atoms. The summed E-state index contributed by atoms with van der Waals surface area (Å²) in [6.07, 6.45) is -0.0309. The summed E-state index contributed by atoms with van der Waals surface area (Å²) in [7, 11) is 0. The van der Waals surface area contributed by atoms with Crippen molar-refractivity contribution in [1.29, 1.82) is 0 Å². The van der Waals surface area contributed by atoms with Crippen LogP contribution in [0, 0.1) is 18.7 Å². The minimum absolute atomic E-state index is 0.0244. The third-order valence-electron chi connectivity index (χ3n) is 8.76. The molecule has 10 nitrogen and oxygen atoms in total. The Labute approximate surface area is 307 Å². The van der Waals surface area contributed by atoms with Gasteiger partial charge in [0.2, 0.25) is 5.89 Å². The molecule has 6 rings (SSSR count). The van der Waals surface area contributed by atoms with Gasteiger partial charge in [-0.1, -0.05) is 30.7 Å². The highest BCUT2D eigenvalue weighted by molar-refractivity contribution is 6.30. The highest BCUT2D eigenvalue weighted by atomic mass is 35.5. The predicted octanol–water partition coefficient (Wildman–Crippen LogP) is 8.95. The van der Waals surface area contributed by atoms with E-state index in [0.29, 0.717) is 19.2 Å². The van der Waals surface area contributed by atoms with Crippen LogP contribution in [0.1, 0.15) is 97.2 Å². The van der Waals surface area contributed by atoms with Crippen LogP contribution in [0.2, 0.25) is 5.02 Å². The fraction of sp³-hybridized carbons (Fsp3) is 0.553. The summed E-state index contributed by atoms with van der Waals surface area (Å²) in [6, 6.07) is 8.23. The quantitative estimate of drug-likeness (QED) is 0.242. The zero-order chi connectivity index (χ0) is 38.8. The highest BCUT2D eigenvalue weighted by Gasteiger charge is 2.56. The minimum atomic E-state index is -3.68. The van der Waals surface area contributed by atoms with Crippen molar-refractivity contribution in [1.82, 2.24) is 20.4 Å². The third kappa shape index (κ3) is 10.3. The van der Waals surface area contributed by atoms with Crippen molar-refractivity contribution in [2.45, 2.75) is 117 Å². The Kier molecular flexibility index (Phi) is 12.1. The van der Waals surface area contributed by atoms with Gasteiger partial charge in [-0.05, 0) is 116 Å². The largest absolute Gasteiger partial charge is 0.444 e. The number of carbonyl (C=O) groups excluding carboxylic acids is 3. The second kappa shape index (κ2) is 15.5. The summed E-state index contributed by atoms with van der Waals surface area (Å²) in [5.41, 5.74) is -1.58. The maximum atomic E-state index is 15.4. The average molecular weight is 749 g/mol. The average Bonchev–Trinajstić information content (AvgIpc) is 3.51. The van der Waals surface area contributed by atoms with Crippen LogP contribution in [0.25, 0.3) is 11.5 Å². The van der Waals surface area contributed by atoms with Crippen LogP contribution in [-0.4, -0.2) is 63.4 Å². The molecule has 3 fully saturated rings. The minimum Gasteiger partial charge on any atom is -0.444 e. The molecule has 2 bridgehead atoms. The Hall–Kier alpha value is -4.13. The Bertz CT molecular complexity index is 1760. The summed E-state index contributed by atoms with van der Waals surface area (Å²) >= 11 is 5.67. The first-order valence-corrected chi connectivity index (χ1v) is 17.6. The zero-order valence-corrected chi connectivity index (χ0v) is 31.9. The lowest BCUT2D eigenvalue weighted by Gasteiger charge is -2.54. The number of piperidine rings is 2. The van der Waals surface area contributed by atoms with E-state index in [-0.39, 0.29) is 28.8 Å². The number of hydrogen-bond donors (Lipinski definition) is 1. The lowest BCUT2D eigenvalue weighted by atomic mass is 9.58. The van der Waals surface area contributed by atoms with Crippen molar-refractivity contribution in [3.8, 4) is 11.5 Å². The van der Waals surface area contributed by atoms with Crippen molar-refractivity contribution in [3.05, 3.63) is 69.8 Å². The molecule has 2 aliphatic heterocycles. The number of aromatic nitrogens is 2. The fourth-order valence-corrected chi connectivity index (χ4v) is 6.50. The monoisotopic (exact) mass is 748 g/mol. The lowest BCUT2D eigenvalue weighted by molar-refractivity contribution is -0.122. The standard InChI is InChI=1S/C30H39F3N4O6.C8H9Cl/c1-16-9-19(21(31)10-20(16)30(32,33)13-22(17(2)38)34-25(39)42-27(3,4)5)23-35-36-24(41-23)29-11-18(12-29)14-37(15-29)26(40)43-28(6,7)8;1-2-7-3-5-8(9)6-4-7/h9-10,18,22H,11-15H2,1-8H3,(H,34,39);3-6H,2H2,1H3. The Morgan fingerprint density at radius 1 is 1.04 bits per heavy atom.